The third-order valence-electron chi connectivity index (χ3n) is 5.26. The van der Waals surface area contributed by atoms with Gasteiger partial charge in [0.2, 0.25) is 0 Å². The van der Waals surface area contributed by atoms with Gasteiger partial charge in [0, 0.05) is 24.5 Å². The molecular formula is C21H19N3O2. The lowest BCUT2D eigenvalue weighted by molar-refractivity contribution is 0.476. The van der Waals surface area contributed by atoms with Crippen molar-refractivity contribution in [2.45, 2.75) is 32.9 Å². The SMILES string of the molecule is CCCn1c2c(c3ccc(O)cc31)CCn1c-2nc2ccccc2c1=O. The Morgan fingerprint density at radius 1 is 1.15 bits per heavy atom. The molecule has 1 aliphatic rings. The highest BCUT2D eigenvalue weighted by Gasteiger charge is 2.27. The van der Waals surface area contributed by atoms with Gasteiger partial charge in [0.05, 0.1) is 22.1 Å². The fourth-order valence-corrected chi connectivity index (χ4v) is 4.15. The first kappa shape index (κ1) is 15.2. The Labute approximate surface area is 150 Å². The van der Waals surface area contributed by atoms with Crippen LogP contribution < -0.4 is 5.56 Å². The van der Waals surface area contributed by atoms with Gasteiger partial charge in [-0.2, -0.15) is 0 Å². The predicted molar refractivity (Wildman–Crippen MR) is 103 cm³/mol. The summed E-state index contributed by atoms with van der Waals surface area (Å²) < 4.78 is 4.01. The number of nitrogens with zero attached hydrogens (tertiary/aromatic N) is 3. The van der Waals surface area contributed by atoms with E-state index in [0.29, 0.717) is 11.9 Å². The maximum absolute atomic E-state index is 13.0. The monoisotopic (exact) mass is 345 g/mol. The van der Waals surface area contributed by atoms with Crippen molar-refractivity contribution in [3.63, 3.8) is 0 Å². The van der Waals surface area contributed by atoms with Crippen LogP contribution in [0.3, 0.4) is 0 Å². The Morgan fingerprint density at radius 3 is 2.85 bits per heavy atom. The number of aryl methyl sites for hydroxylation is 2. The van der Waals surface area contributed by atoms with Crippen molar-refractivity contribution < 1.29 is 5.11 Å². The van der Waals surface area contributed by atoms with Gasteiger partial charge in [-0.15, -0.1) is 0 Å². The van der Waals surface area contributed by atoms with Crippen molar-refractivity contribution in [3.05, 3.63) is 58.4 Å². The van der Waals surface area contributed by atoms with E-state index >= 15 is 0 Å². The molecule has 5 heteroatoms. The van der Waals surface area contributed by atoms with Crippen LogP contribution in [0.15, 0.2) is 47.3 Å². The molecule has 0 atom stereocenters. The molecule has 26 heavy (non-hydrogen) atoms. The Kier molecular flexibility index (Phi) is 3.19. The molecule has 2 aromatic heterocycles. The lowest BCUT2D eigenvalue weighted by atomic mass is 10.0. The molecule has 130 valence electrons. The number of benzene rings is 2. The summed E-state index contributed by atoms with van der Waals surface area (Å²) >= 11 is 0. The molecule has 5 nitrogen and oxygen atoms in total. The van der Waals surface area contributed by atoms with Crippen molar-refractivity contribution in [1.82, 2.24) is 14.1 Å². The maximum atomic E-state index is 13.0. The summed E-state index contributed by atoms with van der Waals surface area (Å²) in [7, 11) is 0. The summed E-state index contributed by atoms with van der Waals surface area (Å²) in [6.45, 7) is 3.58. The van der Waals surface area contributed by atoms with Crippen LogP contribution in [-0.2, 0) is 19.5 Å². The molecular weight excluding hydrogens is 326 g/mol. The van der Waals surface area contributed by atoms with Crippen molar-refractivity contribution in [2.75, 3.05) is 0 Å². The molecule has 0 aliphatic carbocycles. The minimum Gasteiger partial charge on any atom is -0.508 e. The van der Waals surface area contributed by atoms with Crippen LogP contribution in [0.2, 0.25) is 0 Å². The highest BCUT2D eigenvalue weighted by molar-refractivity contribution is 5.93. The van der Waals surface area contributed by atoms with Crippen LogP contribution in [0.5, 0.6) is 5.75 Å². The quantitative estimate of drug-likeness (QED) is 0.603. The van der Waals surface area contributed by atoms with E-state index in [1.807, 2.05) is 36.4 Å². The first-order valence-corrected chi connectivity index (χ1v) is 9.03. The van der Waals surface area contributed by atoms with Crippen molar-refractivity contribution in [3.8, 4) is 17.3 Å². The first-order chi connectivity index (χ1) is 12.7. The Hall–Kier alpha value is -3.08. The van der Waals surface area contributed by atoms with E-state index in [9.17, 15) is 9.90 Å². The second-order valence-corrected chi connectivity index (χ2v) is 6.84. The summed E-state index contributed by atoms with van der Waals surface area (Å²) in [5.41, 5.74) is 3.99. The minimum absolute atomic E-state index is 0.0207. The predicted octanol–water partition coefficient (Wildman–Crippen LogP) is 3.69. The smallest absolute Gasteiger partial charge is 0.261 e. The zero-order valence-electron chi connectivity index (χ0n) is 14.6. The number of fused-ring (bicyclic) bond motifs is 6. The van der Waals surface area contributed by atoms with Gasteiger partial charge in [0.15, 0.2) is 5.82 Å². The van der Waals surface area contributed by atoms with Gasteiger partial charge >= 0.3 is 0 Å². The standard InChI is InChI=1S/C21H19N3O2/c1-2-10-23-18-12-13(25)7-8-14(18)15-9-11-24-20(19(15)23)22-17-6-4-3-5-16(17)21(24)26/h3-8,12,25H,2,9-11H2,1H3. The van der Waals surface area contributed by atoms with Crippen molar-refractivity contribution in [1.29, 1.82) is 0 Å². The van der Waals surface area contributed by atoms with Gasteiger partial charge in [-0.05, 0) is 42.7 Å². The van der Waals surface area contributed by atoms with E-state index in [0.717, 1.165) is 47.3 Å². The third kappa shape index (κ3) is 1.97. The van der Waals surface area contributed by atoms with Gasteiger partial charge in [-0.1, -0.05) is 19.1 Å². The molecule has 0 radical (unpaired) electrons. The summed E-state index contributed by atoms with van der Waals surface area (Å²) in [5.74, 6) is 0.993. The zero-order valence-corrected chi connectivity index (χ0v) is 14.6. The third-order valence-corrected chi connectivity index (χ3v) is 5.26. The molecule has 0 saturated heterocycles. The van der Waals surface area contributed by atoms with Crippen molar-refractivity contribution in [2.24, 2.45) is 0 Å². The largest absolute Gasteiger partial charge is 0.508 e. The second-order valence-electron chi connectivity index (χ2n) is 6.84. The van der Waals surface area contributed by atoms with Crippen LogP contribution in [-0.4, -0.2) is 19.2 Å². The number of phenolic OH excluding ortho intramolecular Hbond substituents is 1. The average Bonchev–Trinajstić information content (AvgIpc) is 2.96. The number of aromatic nitrogens is 3. The molecule has 1 N–H and O–H groups in total. The molecule has 0 unspecified atom stereocenters. The highest BCUT2D eigenvalue weighted by Crippen LogP contribution is 2.37. The van der Waals surface area contributed by atoms with Gasteiger partial charge in [0.25, 0.3) is 5.56 Å². The molecule has 2 aromatic carbocycles. The van der Waals surface area contributed by atoms with E-state index in [1.54, 1.807) is 10.6 Å². The molecule has 0 amide bonds. The minimum atomic E-state index is 0.0207. The van der Waals surface area contributed by atoms with Crippen LogP contribution in [0.4, 0.5) is 0 Å². The molecule has 0 saturated carbocycles. The Morgan fingerprint density at radius 2 is 2.00 bits per heavy atom. The molecule has 5 rings (SSSR count). The summed E-state index contributed by atoms with van der Waals surface area (Å²) in [4.78, 5) is 17.9. The van der Waals surface area contributed by atoms with E-state index in [-0.39, 0.29) is 11.3 Å². The van der Waals surface area contributed by atoms with Crippen LogP contribution in [0.1, 0.15) is 18.9 Å². The van der Waals surface area contributed by atoms with Crippen LogP contribution in [0, 0.1) is 0 Å². The number of para-hydroxylation sites is 1. The molecule has 3 heterocycles. The molecule has 0 bridgehead atoms. The lowest BCUT2D eigenvalue weighted by Crippen LogP contribution is -2.28. The van der Waals surface area contributed by atoms with Gasteiger partial charge in [-0.3, -0.25) is 9.36 Å². The van der Waals surface area contributed by atoms with Crippen LogP contribution >= 0.6 is 0 Å². The number of hydrogen-bond donors (Lipinski definition) is 1. The number of rotatable bonds is 2. The van der Waals surface area contributed by atoms with E-state index in [2.05, 4.69) is 11.5 Å². The average molecular weight is 345 g/mol. The molecule has 1 aliphatic heterocycles. The van der Waals surface area contributed by atoms with Crippen molar-refractivity contribution >= 4 is 21.8 Å². The van der Waals surface area contributed by atoms with Gasteiger partial charge < -0.3 is 9.67 Å². The first-order valence-electron chi connectivity index (χ1n) is 9.03. The summed E-state index contributed by atoms with van der Waals surface area (Å²) in [5, 5.41) is 11.8. The fourth-order valence-electron chi connectivity index (χ4n) is 4.15. The zero-order chi connectivity index (χ0) is 17.8. The molecule has 0 fully saturated rings. The normalized spacial score (nSPS) is 13.1. The maximum Gasteiger partial charge on any atom is 0.261 e. The summed E-state index contributed by atoms with van der Waals surface area (Å²) in [6.07, 6.45) is 1.75. The fraction of sp³-hybridized carbons (Fsp3) is 0.238. The lowest BCUT2D eigenvalue weighted by Gasteiger charge is -2.21. The van der Waals surface area contributed by atoms with E-state index < -0.39 is 0 Å². The van der Waals surface area contributed by atoms with Gasteiger partial charge in [-0.25, -0.2) is 4.98 Å². The van der Waals surface area contributed by atoms with E-state index in [4.69, 9.17) is 4.98 Å². The second kappa shape index (κ2) is 5.46. The number of hydrogen-bond acceptors (Lipinski definition) is 3. The number of phenols is 1. The van der Waals surface area contributed by atoms with E-state index in [1.165, 1.54) is 5.56 Å². The summed E-state index contributed by atoms with van der Waals surface area (Å²) in [6, 6.07) is 13.0. The van der Waals surface area contributed by atoms with Gasteiger partial charge in [0.1, 0.15) is 5.75 Å². The highest BCUT2D eigenvalue weighted by atomic mass is 16.3. The molecule has 4 aromatic rings. The Balaban J connectivity index is 1.93. The topological polar surface area (TPSA) is 60.1 Å². The number of aromatic hydroxyl groups is 1. The van der Waals surface area contributed by atoms with Crippen LogP contribution in [0.25, 0.3) is 33.3 Å². The molecule has 0 spiro atoms. The Bertz CT molecular complexity index is 1230.